The van der Waals surface area contributed by atoms with Crippen LogP contribution in [0.2, 0.25) is 0 Å². The van der Waals surface area contributed by atoms with Gasteiger partial charge in [-0.3, -0.25) is 4.79 Å². The van der Waals surface area contributed by atoms with E-state index in [0.717, 1.165) is 38.8 Å². The van der Waals surface area contributed by atoms with Gasteiger partial charge in [0.1, 0.15) is 0 Å². The van der Waals surface area contributed by atoms with Gasteiger partial charge in [-0.1, -0.05) is 6.07 Å². The zero-order chi connectivity index (χ0) is 17.2. The molecule has 2 N–H and O–H groups in total. The molecule has 1 aromatic rings. The Morgan fingerprint density at radius 1 is 1.24 bits per heavy atom. The van der Waals surface area contributed by atoms with Crippen molar-refractivity contribution in [3.8, 4) is 0 Å². The van der Waals surface area contributed by atoms with E-state index in [1.165, 1.54) is 6.07 Å². The Labute approximate surface area is 155 Å². The van der Waals surface area contributed by atoms with Gasteiger partial charge in [-0.05, 0) is 56.8 Å². The SMILES string of the molecule is CNCC1CCCN1C(=O)c1cccc(S(=O)(=O)NCC2CC2)c1.Cl. The summed E-state index contributed by atoms with van der Waals surface area (Å²) in [5.41, 5.74) is 0.437. The molecule has 8 heteroatoms. The van der Waals surface area contributed by atoms with Gasteiger partial charge in [-0.15, -0.1) is 12.4 Å². The van der Waals surface area contributed by atoms with Crippen LogP contribution in [0.25, 0.3) is 0 Å². The third-order valence-corrected chi connectivity index (χ3v) is 6.15. The van der Waals surface area contributed by atoms with Gasteiger partial charge in [0, 0.05) is 31.2 Å². The molecule has 1 amide bonds. The Kier molecular flexibility index (Phi) is 6.85. The summed E-state index contributed by atoms with van der Waals surface area (Å²) >= 11 is 0. The maximum Gasteiger partial charge on any atom is 0.254 e. The van der Waals surface area contributed by atoms with E-state index in [4.69, 9.17) is 0 Å². The van der Waals surface area contributed by atoms with Gasteiger partial charge in [-0.2, -0.15) is 0 Å². The highest BCUT2D eigenvalue weighted by Crippen LogP contribution is 2.28. The number of amides is 1. The number of nitrogens with zero attached hydrogens (tertiary/aromatic N) is 1. The minimum atomic E-state index is -3.55. The first-order valence-corrected chi connectivity index (χ1v) is 10.0. The van der Waals surface area contributed by atoms with Crippen molar-refractivity contribution in [2.24, 2.45) is 5.92 Å². The number of halogens is 1. The summed E-state index contributed by atoms with van der Waals surface area (Å²) < 4.78 is 27.4. The highest BCUT2D eigenvalue weighted by atomic mass is 35.5. The number of sulfonamides is 1. The lowest BCUT2D eigenvalue weighted by Crippen LogP contribution is -2.40. The standard InChI is InChI=1S/C17H25N3O3S.ClH/c1-18-12-15-5-3-9-20(15)17(21)14-4-2-6-16(10-14)24(22,23)19-11-13-7-8-13;/h2,4,6,10,13,15,18-19H,3,5,7-9,11-12H2,1H3;1H. The highest BCUT2D eigenvalue weighted by molar-refractivity contribution is 7.89. The van der Waals surface area contributed by atoms with Crippen LogP contribution < -0.4 is 10.0 Å². The molecule has 140 valence electrons. The van der Waals surface area contributed by atoms with Crippen molar-refractivity contribution in [2.45, 2.75) is 36.6 Å². The van der Waals surface area contributed by atoms with E-state index in [9.17, 15) is 13.2 Å². The number of hydrogen-bond acceptors (Lipinski definition) is 4. The first-order chi connectivity index (χ1) is 11.5. The second kappa shape index (κ2) is 8.49. The van der Waals surface area contributed by atoms with Gasteiger partial charge >= 0.3 is 0 Å². The Hall–Kier alpha value is -1.15. The lowest BCUT2D eigenvalue weighted by atomic mass is 10.1. The topological polar surface area (TPSA) is 78.5 Å². The monoisotopic (exact) mass is 387 g/mol. The number of likely N-dealkylation sites (N-methyl/N-ethyl adjacent to an activating group) is 1. The van der Waals surface area contributed by atoms with E-state index in [1.54, 1.807) is 18.2 Å². The van der Waals surface area contributed by atoms with Crippen LogP contribution in [0.4, 0.5) is 0 Å². The quantitative estimate of drug-likeness (QED) is 0.745. The Morgan fingerprint density at radius 3 is 2.68 bits per heavy atom. The van der Waals surface area contributed by atoms with Crippen molar-refractivity contribution in [3.05, 3.63) is 29.8 Å². The smallest absolute Gasteiger partial charge is 0.254 e. The van der Waals surface area contributed by atoms with Crippen molar-refractivity contribution in [1.29, 1.82) is 0 Å². The number of benzene rings is 1. The van der Waals surface area contributed by atoms with E-state index >= 15 is 0 Å². The summed E-state index contributed by atoms with van der Waals surface area (Å²) in [4.78, 5) is 14.8. The number of hydrogen-bond donors (Lipinski definition) is 2. The molecule has 1 unspecified atom stereocenters. The van der Waals surface area contributed by atoms with Gasteiger partial charge in [0.25, 0.3) is 5.91 Å². The fourth-order valence-electron chi connectivity index (χ4n) is 3.15. The zero-order valence-electron chi connectivity index (χ0n) is 14.4. The number of carbonyl (C=O) groups is 1. The van der Waals surface area contributed by atoms with Crippen LogP contribution in [0.1, 0.15) is 36.0 Å². The second-order valence-corrected chi connectivity index (χ2v) is 8.44. The largest absolute Gasteiger partial charge is 0.334 e. The Balaban J connectivity index is 0.00000225. The average Bonchev–Trinajstić information content (AvgIpc) is 3.31. The number of nitrogens with one attached hydrogen (secondary N) is 2. The maximum absolute atomic E-state index is 12.8. The molecular formula is C17H26ClN3O3S. The molecule has 2 fully saturated rings. The van der Waals surface area contributed by atoms with Gasteiger partial charge in [0.15, 0.2) is 0 Å². The van der Waals surface area contributed by atoms with Gasteiger partial charge in [0.2, 0.25) is 10.0 Å². The molecule has 0 aromatic heterocycles. The predicted octanol–water partition coefficient (Wildman–Crippen LogP) is 1.62. The summed E-state index contributed by atoms with van der Waals surface area (Å²) in [7, 11) is -1.68. The third-order valence-electron chi connectivity index (χ3n) is 4.73. The summed E-state index contributed by atoms with van der Waals surface area (Å²) in [5, 5.41) is 3.12. The molecule has 0 bridgehead atoms. The van der Waals surface area contributed by atoms with E-state index < -0.39 is 10.0 Å². The van der Waals surface area contributed by atoms with E-state index in [-0.39, 0.29) is 29.3 Å². The molecule has 1 atom stereocenters. The number of likely N-dealkylation sites (tertiary alicyclic amines) is 1. The number of rotatable bonds is 7. The maximum atomic E-state index is 12.8. The molecule has 1 aliphatic carbocycles. The summed E-state index contributed by atoms with van der Waals surface area (Å²) in [6.07, 6.45) is 4.14. The lowest BCUT2D eigenvalue weighted by molar-refractivity contribution is 0.0737. The zero-order valence-corrected chi connectivity index (χ0v) is 16.0. The van der Waals surface area contributed by atoms with Crippen LogP contribution >= 0.6 is 12.4 Å². The minimum absolute atomic E-state index is 0. The van der Waals surface area contributed by atoms with Gasteiger partial charge in [0.05, 0.1) is 4.90 Å². The fourth-order valence-corrected chi connectivity index (χ4v) is 4.31. The highest BCUT2D eigenvalue weighted by Gasteiger charge is 2.29. The predicted molar refractivity (Wildman–Crippen MR) is 99.6 cm³/mol. The molecular weight excluding hydrogens is 362 g/mol. The molecule has 1 aliphatic heterocycles. The van der Waals surface area contributed by atoms with Crippen LogP contribution in [0.15, 0.2) is 29.2 Å². The second-order valence-electron chi connectivity index (χ2n) is 6.68. The molecule has 0 radical (unpaired) electrons. The summed E-state index contributed by atoms with van der Waals surface area (Å²) in [5.74, 6) is 0.378. The summed E-state index contributed by atoms with van der Waals surface area (Å²) in [6, 6.07) is 6.54. The fraction of sp³-hybridized carbons (Fsp3) is 0.588. The molecule has 1 aromatic carbocycles. The van der Waals surface area contributed by atoms with Crippen molar-refractivity contribution in [3.63, 3.8) is 0 Å². The van der Waals surface area contributed by atoms with E-state index in [2.05, 4.69) is 10.0 Å². The van der Waals surface area contributed by atoms with Crippen LogP contribution in [0.5, 0.6) is 0 Å². The molecule has 0 spiro atoms. The molecule has 1 heterocycles. The molecule has 1 saturated carbocycles. The van der Waals surface area contributed by atoms with Crippen molar-refractivity contribution in [1.82, 2.24) is 14.9 Å². The minimum Gasteiger partial charge on any atom is -0.334 e. The number of carbonyl (C=O) groups excluding carboxylic acids is 1. The average molecular weight is 388 g/mol. The van der Waals surface area contributed by atoms with E-state index in [0.29, 0.717) is 18.0 Å². The van der Waals surface area contributed by atoms with Crippen molar-refractivity contribution >= 4 is 28.3 Å². The normalized spacial score (nSPS) is 20.4. The van der Waals surface area contributed by atoms with Gasteiger partial charge in [-0.25, -0.2) is 13.1 Å². The molecule has 2 aliphatic rings. The van der Waals surface area contributed by atoms with Crippen molar-refractivity contribution < 1.29 is 13.2 Å². The van der Waals surface area contributed by atoms with Crippen LogP contribution in [0.3, 0.4) is 0 Å². The van der Waals surface area contributed by atoms with Crippen LogP contribution in [-0.2, 0) is 10.0 Å². The molecule has 3 rings (SSSR count). The van der Waals surface area contributed by atoms with Crippen LogP contribution in [-0.4, -0.2) is 51.9 Å². The first kappa shape index (κ1) is 20.2. The van der Waals surface area contributed by atoms with Crippen molar-refractivity contribution in [2.75, 3.05) is 26.7 Å². The Bertz CT molecular complexity index is 707. The van der Waals surface area contributed by atoms with Gasteiger partial charge < -0.3 is 10.2 Å². The van der Waals surface area contributed by atoms with E-state index in [1.807, 2.05) is 11.9 Å². The Morgan fingerprint density at radius 2 is 2.00 bits per heavy atom. The molecule has 25 heavy (non-hydrogen) atoms. The molecule has 6 nitrogen and oxygen atoms in total. The first-order valence-electron chi connectivity index (χ1n) is 8.56. The molecule has 1 saturated heterocycles. The third kappa shape index (κ3) is 4.94. The summed E-state index contributed by atoms with van der Waals surface area (Å²) in [6.45, 7) is 1.96. The lowest BCUT2D eigenvalue weighted by Gasteiger charge is -2.24. The van der Waals surface area contributed by atoms with Crippen LogP contribution in [0, 0.1) is 5.92 Å².